The third kappa shape index (κ3) is 2.17. The van der Waals surface area contributed by atoms with Gasteiger partial charge in [0.25, 0.3) is 0 Å². The second-order valence-corrected chi connectivity index (χ2v) is 5.36. The molecule has 1 aliphatic heterocycles. The van der Waals surface area contributed by atoms with Crippen molar-refractivity contribution in [2.75, 3.05) is 5.75 Å². The molecule has 5 nitrogen and oxygen atoms in total. The quantitative estimate of drug-likeness (QED) is 0.535. The molecule has 0 aromatic heterocycles. The van der Waals surface area contributed by atoms with Gasteiger partial charge in [0.2, 0.25) is 0 Å². The van der Waals surface area contributed by atoms with Gasteiger partial charge in [0, 0.05) is 11.3 Å². The summed E-state index contributed by atoms with van der Waals surface area (Å²) < 4.78 is 0. The van der Waals surface area contributed by atoms with Crippen molar-refractivity contribution in [1.29, 1.82) is 0 Å². The molecule has 4 atom stereocenters. The molecule has 0 bridgehead atoms. The van der Waals surface area contributed by atoms with E-state index in [1.54, 1.807) is 18.2 Å². The molecule has 1 aromatic rings. The molecule has 2 rings (SSSR count). The van der Waals surface area contributed by atoms with Crippen LogP contribution in [0.5, 0.6) is 0 Å². The molecule has 98 valence electrons. The first-order valence-electron chi connectivity index (χ1n) is 5.45. The molecule has 0 aliphatic carbocycles. The zero-order valence-corrected chi connectivity index (χ0v) is 10.2. The number of benzene rings is 1. The molecule has 0 saturated carbocycles. The molecular weight excluding hydrogens is 256 g/mol. The number of carbonyl (C=O) groups is 1. The van der Waals surface area contributed by atoms with Crippen LogP contribution in [0.15, 0.2) is 30.3 Å². The Morgan fingerprint density at radius 1 is 1.22 bits per heavy atom. The number of ketones is 1. The lowest BCUT2D eigenvalue weighted by Gasteiger charge is -2.40. The van der Waals surface area contributed by atoms with Gasteiger partial charge in [0.1, 0.15) is 17.6 Å². The summed E-state index contributed by atoms with van der Waals surface area (Å²) in [5, 5.41) is 39.0. The van der Waals surface area contributed by atoms with Crippen molar-refractivity contribution < 1.29 is 25.2 Å². The summed E-state index contributed by atoms with van der Waals surface area (Å²) in [7, 11) is 0. The minimum absolute atomic E-state index is 0.167. The predicted molar refractivity (Wildman–Crippen MR) is 66.2 cm³/mol. The highest BCUT2D eigenvalue weighted by atomic mass is 32.2. The Kier molecular flexibility index (Phi) is 3.74. The number of rotatable bonds is 2. The zero-order chi connectivity index (χ0) is 13.3. The van der Waals surface area contributed by atoms with Crippen molar-refractivity contribution in [3.63, 3.8) is 0 Å². The maximum atomic E-state index is 12.2. The molecule has 0 radical (unpaired) electrons. The van der Waals surface area contributed by atoms with Gasteiger partial charge in [0.05, 0.1) is 0 Å². The fourth-order valence-electron chi connectivity index (χ4n) is 1.87. The molecule has 0 amide bonds. The highest BCUT2D eigenvalue weighted by Gasteiger charge is 2.52. The fourth-order valence-corrected chi connectivity index (χ4v) is 2.95. The summed E-state index contributed by atoms with van der Waals surface area (Å²) in [5.41, 5.74) is -3.03. The predicted octanol–water partition coefficient (Wildman–Crippen LogP) is -0.613. The molecule has 1 heterocycles. The van der Waals surface area contributed by atoms with E-state index in [1.807, 2.05) is 0 Å². The maximum Gasteiger partial charge on any atom is 0.197 e. The Hall–Kier alpha value is -0.920. The molecule has 1 aromatic carbocycles. The number of aliphatic hydroxyl groups excluding tert-OH is 3. The van der Waals surface area contributed by atoms with Gasteiger partial charge in [-0.05, 0) is 0 Å². The molecule has 18 heavy (non-hydrogen) atoms. The molecule has 4 N–H and O–H groups in total. The van der Waals surface area contributed by atoms with E-state index in [-0.39, 0.29) is 11.3 Å². The Bertz CT molecular complexity index is 437. The van der Waals surface area contributed by atoms with Gasteiger partial charge in [-0.15, -0.1) is 11.8 Å². The second kappa shape index (κ2) is 4.99. The molecule has 1 aliphatic rings. The van der Waals surface area contributed by atoms with Gasteiger partial charge in [0.15, 0.2) is 11.4 Å². The highest BCUT2D eigenvalue weighted by molar-refractivity contribution is 7.99. The van der Waals surface area contributed by atoms with Crippen LogP contribution in [0.1, 0.15) is 10.4 Å². The summed E-state index contributed by atoms with van der Waals surface area (Å²) >= 11 is 0.835. The third-order valence-corrected chi connectivity index (χ3v) is 4.24. The van der Waals surface area contributed by atoms with Crippen molar-refractivity contribution in [3.8, 4) is 0 Å². The molecular formula is C12H14O5S. The largest absolute Gasteiger partial charge is 0.387 e. The van der Waals surface area contributed by atoms with E-state index >= 15 is 0 Å². The average molecular weight is 270 g/mol. The first kappa shape index (κ1) is 13.5. The number of hydrogen-bond donors (Lipinski definition) is 4. The van der Waals surface area contributed by atoms with E-state index in [0.29, 0.717) is 0 Å². The van der Waals surface area contributed by atoms with Crippen LogP contribution in [-0.4, -0.2) is 55.2 Å². The van der Waals surface area contributed by atoms with E-state index in [0.717, 1.165) is 11.8 Å². The van der Waals surface area contributed by atoms with E-state index in [2.05, 4.69) is 0 Å². The summed E-state index contributed by atoms with van der Waals surface area (Å²) in [6, 6.07) is 8.06. The average Bonchev–Trinajstić information content (AvgIpc) is 2.41. The minimum Gasteiger partial charge on any atom is -0.387 e. The summed E-state index contributed by atoms with van der Waals surface area (Å²) in [4.78, 5) is 12.2. The minimum atomic E-state index is -2.08. The van der Waals surface area contributed by atoms with Gasteiger partial charge < -0.3 is 20.4 Å². The molecule has 0 unspecified atom stereocenters. The molecule has 1 saturated heterocycles. The zero-order valence-electron chi connectivity index (χ0n) is 9.43. The second-order valence-electron chi connectivity index (χ2n) is 4.26. The first-order chi connectivity index (χ1) is 8.47. The number of thioether (sulfide) groups is 1. The van der Waals surface area contributed by atoms with Crippen molar-refractivity contribution in [2.45, 2.75) is 23.2 Å². The van der Waals surface area contributed by atoms with E-state index < -0.39 is 29.0 Å². The van der Waals surface area contributed by atoms with Crippen LogP contribution in [0.3, 0.4) is 0 Å². The van der Waals surface area contributed by atoms with Crippen molar-refractivity contribution in [2.24, 2.45) is 0 Å². The van der Waals surface area contributed by atoms with Gasteiger partial charge in [-0.2, -0.15) is 0 Å². The number of hydrogen-bond acceptors (Lipinski definition) is 6. The Morgan fingerprint density at radius 3 is 2.44 bits per heavy atom. The standard InChI is InChI=1S/C12H14O5S/c13-8-10(15)12(17,6-18-11(8)16)9(14)7-4-2-1-3-5-7/h1-5,8,10-11,13,15-17H,6H2/t8-,10-,11-,12-/m0/s1. The van der Waals surface area contributed by atoms with Crippen LogP contribution in [0.4, 0.5) is 0 Å². The van der Waals surface area contributed by atoms with E-state index in [1.165, 1.54) is 12.1 Å². The van der Waals surface area contributed by atoms with Crippen LogP contribution < -0.4 is 0 Å². The highest BCUT2D eigenvalue weighted by Crippen LogP contribution is 2.34. The SMILES string of the molecule is O=C(c1ccccc1)[C@@]1(O)CS[C@H](O)[C@@H](O)[C@@H]1O. The van der Waals surface area contributed by atoms with Crippen molar-refractivity contribution in [1.82, 2.24) is 0 Å². The Labute approximate surface area is 108 Å². The Balaban J connectivity index is 2.29. The smallest absolute Gasteiger partial charge is 0.197 e. The van der Waals surface area contributed by atoms with Gasteiger partial charge in [-0.3, -0.25) is 4.79 Å². The monoisotopic (exact) mass is 270 g/mol. The maximum absolute atomic E-state index is 12.2. The van der Waals surface area contributed by atoms with Crippen LogP contribution in [0.25, 0.3) is 0 Å². The topological polar surface area (TPSA) is 98.0 Å². The van der Waals surface area contributed by atoms with Crippen LogP contribution in [0, 0.1) is 0 Å². The summed E-state index contributed by atoms with van der Waals surface area (Å²) in [6.07, 6.45) is -3.26. The fraction of sp³-hybridized carbons (Fsp3) is 0.417. The number of aliphatic hydroxyl groups is 4. The van der Waals surface area contributed by atoms with Crippen molar-refractivity contribution >= 4 is 17.5 Å². The normalized spacial score (nSPS) is 36.3. The van der Waals surface area contributed by atoms with E-state index in [9.17, 15) is 25.2 Å². The lowest BCUT2D eigenvalue weighted by atomic mass is 9.86. The van der Waals surface area contributed by atoms with Gasteiger partial charge in [-0.25, -0.2) is 0 Å². The summed E-state index contributed by atoms with van der Waals surface area (Å²) in [6.45, 7) is 0. The Morgan fingerprint density at radius 2 is 1.83 bits per heavy atom. The lowest BCUT2D eigenvalue weighted by Crippen LogP contribution is -2.62. The first-order valence-corrected chi connectivity index (χ1v) is 6.50. The van der Waals surface area contributed by atoms with Crippen LogP contribution in [0.2, 0.25) is 0 Å². The molecule has 6 heteroatoms. The lowest BCUT2D eigenvalue weighted by molar-refractivity contribution is -0.116. The van der Waals surface area contributed by atoms with Gasteiger partial charge in [-0.1, -0.05) is 30.3 Å². The number of carbonyl (C=O) groups excluding carboxylic acids is 1. The third-order valence-electron chi connectivity index (χ3n) is 3.01. The van der Waals surface area contributed by atoms with Gasteiger partial charge >= 0.3 is 0 Å². The van der Waals surface area contributed by atoms with Crippen LogP contribution >= 0.6 is 11.8 Å². The number of Topliss-reactive ketones (excluding diaryl/α,β-unsaturated/α-hetero) is 1. The molecule has 0 spiro atoms. The van der Waals surface area contributed by atoms with E-state index in [4.69, 9.17) is 0 Å². The van der Waals surface area contributed by atoms with Crippen LogP contribution in [-0.2, 0) is 0 Å². The summed E-state index contributed by atoms with van der Waals surface area (Å²) in [5.74, 6) is -0.825. The molecule has 1 fully saturated rings. The van der Waals surface area contributed by atoms with Crippen molar-refractivity contribution in [3.05, 3.63) is 35.9 Å².